The summed E-state index contributed by atoms with van der Waals surface area (Å²) in [6.45, 7) is 6.01. The molecule has 1 aromatic rings. The standard InChI is InChI=1S/C18H31N5/c1-5-19-18(22-16-8-6-14(2)7-9-16)21-13-15-10-11-20-17(12-15)23(3)4/h10-12,14,16H,5-9,13H2,1-4H3,(H2,19,21,22). The van der Waals surface area contributed by atoms with E-state index in [1.807, 2.05) is 31.3 Å². The van der Waals surface area contributed by atoms with Gasteiger partial charge < -0.3 is 15.5 Å². The second-order valence-corrected chi connectivity index (χ2v) is 6.71. The molecule has 1 fully saturated rings. The Morgan fingerprint density at radius 1 is 1.30 bits per heavy atom. The van der Waals surface area contributed by atoms with Gasteiger partial charge in [0.05, 0.1) is 6.54 Å². The van der Waals surface area contributed by atoms with Crippen LogP contribution in [0.5, 0.6) is 0 Å². The number of hydrogen-bond donors (Lipinski definition) is 2. The lowest BCUT2D eigenvalue weighted by Crippen LogP contribution is -2.44. The Bertz CT molecular complexity index is 504. The van der Waals surface area contributed by atoms with Crippen LogP contribution in [-0.2, 0) is 6.54 Å². The van der Waals surface area contributed by atoms with Gasteiger partial charge in [0.25, 0.3) is 0 Å². The second kappa shape index (κ2) is 8.75. The minimum absolute atomic E-state index is 0.554. The maximum Gasteiger partial charge on any atom is 0.191 e. The van der Waals surface area contributed by atoms with Crippen molar-refractivity contribution in [3.63, 3.8) is 0 Å². The average molecular weight is 317 g/mol. The Labute approximate surface area is 140 Å². The minimum atomic E-state index is 0.554. The molecule has 128 valence electrons. The van der Waals surface area contributed by atoms with E-state index in [0.717, 1.165) is 24.2 Å². The molecule has 2 rings (SSSR count). The minimum Gasteiger partial charge on any atom is -0.363 e. The first-order valence-corrected chi connectivity index (χ1v) is 8.75. The predicted molar refractivity (Wildman–Crippen MR) is 97.9 cm³/mol. The zero-order chi connectivity index (χ0) is 16.7. The molecule has 0 amide bonds. The molecule has 0 radical (unpaired) electrons. The van der Waals surface area contributed by atoms with E-state index in [4.69, 9.17) is 4.99 Å². The molecule has 0 bridgehead atoms. The smallest absolute Gasteiger partial charge is 0.191 e. The third kappa shape index (κ3) is 5.73. The summed E-state index contributed by atoms with van der Waals surface area (Å²) in [6.07, 6.45) is 6.96. The topological polar surface area (TPSA) is 52.6 Å². The molecule has 1 aliphatic rings. The van der Waals surface area contributed by atoms with Crippen molar-refractivity contribution >= 4 is 11.8 Å². The van der Waals surface area contributed by atoms with Gasteiger partial charge in [-0.05, 0) is 56.2 Å². The first-order chi connectivity index (χ1) is 11.1. The molecule has 0 atom stereocenters. The molecule has 2 N–H and O–H groups in total. The van der Waals surface area contributed by atoms with E-state index in [9.17, 15) is 0 Å². The summed E-state index contributed by atoms with van der Waals surface area (Å²) >= 11 is 0. The van der Waals surface area contributed by atoms with Crippen LogP contribution in [0.3, 0.4) is 0 Å². The van der Waals surface area contributed by atoms with Gasteiger partial charge in [-0.2, -0.15) is 0 Å². The number of aliphatic imine (C=N–C) groups is 1. The van der Waals surface area contributed by atoms with Gasteiger partial charge in [-0.1, -0.05) is 6.92 Å². The van der Waals surface area contributed by atoms with E-state index in [1.165, 1.54) is 31.2 Å². The molecule has 1 heterocycles. The molecule has 0 aromatic carbocycles. The van der Waals surface area contributed by atoms with Crippen LogP contribution in [-0.4, -0.2) is 37.6 Å². The average Bonchev–Trinajstić information content (AvgIpc) is 2.55. The van der Waals surface area contributed by atoms with Crippen LogP contribution in [0.15, 0.2) is 23.3 Å². The van der Waals surface area contributed by atoms with Crippen molar-refractivity contribution in [2.75, 3.05) is 25.5 Å². The van der Waals surface area contributed by atoms with E-state index < -0.39 is 0 Å². The third-order valence-corrected chi connectivity index (χ3v) is 4.39. The highest BCUT2D eigenvalue weighted by Gasteiger charge is 2.18. The van der Waals surface area contributed by atoms with Crippen molar-refractivity contribution in [3.8, 4) is 0 Å². The lowest BCUT2D eigenvalue weighted by molar-refractivity contribution is 0.329. The maximum absolute atomic E-state index is 4.75. The second-order valence-electron chi connectivity index (χ2n) is 6.71. The molecule has 1 aromatic heterocycles. The first kappa shape index (κ1) is 17.6. The van der Waals surface area contributed by atoms with Crippen molar-refractivity contribution in [1.82, 2.24) is 15.6 Å². The number of guanidine groups is 1. The number of nitrogens with zero attached hydrogens (tertiary/aromatic N) is 3. The van der Waals surface area contributed by atoms with Gasteiger partial charge in [0.15, 0.2) is 5.96 Å². The predicted octanol–water partition coefficient (Wildman–Crippen LogP) is 2.78. The Hall–Kier alpha value is -1.78. The molecule has 0 saturated heterocycles. The summed E-state index contributed by atoms with van der Waals surface area (Å²) in [7, 11) is 4.01. The summed E-state index contributed by atoms with van der Waals surface area (Å²) in [5.74, 6) is 2.76. The maximum atomic E-state index is 4.75. The number of pyridine rings is 1. The number of hydrogen-bond acceptors (Lipinski definition) is 3. The number of aromatic nitrogens is 1. The van der Waals surface area contributed by atoms with Gasteiger partial charge in [0, 0.05) is 32.9 Å². The normalized spacial score (nSPS) is 21.8. The van der Waals surface area contributed by atoms with Gasteiger partial charge >= 0.3 is 0 Å². The van der Waals surface area contributed by atoms with Crippen LogP contribution in [0.2, 0.25) is 0 Å². The van der Waals surface area contributed by atoms with Gasteiger partial charge in [0.1, 0.15) is 5.82 Å². The molecular formula is C18H31N5. The van der Waals surface area contributed by atoms with E-state index in [0.29, 0.717) is 12.6 Å². The largest absolute Gasteiger partial charge is 0.363 e. The molecule has 0 aliphatic heterocycles. The van der Waals surface area contributed by atoms with E-state index in [2.05, 4.69) is 35.5 Å². The molecule has 1 saturated carbocycles. The Balaban J connectivity index is 1.96. The molecule has 0 unspecified atom stereocenters. The van der Waals surface area contributed by atoms with Gasteiger partial charge in [0.2, 0.25) is 0 Å². The number of nitrogens with one attached hydrogen (secondary N) is 2. The third-order valence-electron chi connectivity index (χ3n) is 4.39. The summed E-state index contributed by atoms with van der Waals surface area (Å²) in [5, 5.41) is 6.96. The molecular weight excluding hydrogens is 286 g/mol. The Kier molecular flexibility index (Phi) is 6.68. The van der Waals surface area contributed by atoms with Crippen molar-refractivity contribution < 1.29 is 0 Å². The monoisotopic (exact) mass is 317 g/mol. The van der Waals surface area contributed by atoms with E-state index >= 15 is 0 Å². The van der Waals surface area contributed by atoms with E-state index in [1.54, 1.807) is 0 Å². The lowest BCUT2D eigenvalue weighted by atomic mass is 9.87. The van der Waals surface area contributed by atoms with Crippen LogP contribution in [0.1, 0.15) is 45.1 Å². The van der Waals surface area contributed by atoms with Gasteiger partial charge in [-0.3, -0.25) is 0 Å². The van der Waals surface area contributed by atoms with Gasteiger partial charge in [-0.15, -0.1) is 0 Å². The van der Waals surface area contributed by atoms with Crippen molar-refractivity contribution in [2.45, 2.75) is 52.1 Å². The molecule has 1 aliphatic carbocycles. The summed E-state index contributed by atoms with van der Waals surface area (Å²) in [4.78, 5) is 11.1. The zero-order valence-electron chi connectivity index (χ0n) is 15.0. The van der Waals surface area contributed by atoms with Crippen LogP contribution < -0.4 is 15.5 Å². The summed E-state index contributed by atoms with van der Waals surface area (Å²) in [6, 6.07) is 4.68. The van der Waals surface area contributed by atoms with Crippen LogP contribution in [0.25, 0.3) is 0 Å². The fourth-order valence-corrected chi connectivity index (χ4v) is 2.89. The van der Waals surface area contributed by atoms with Crippen LogP contribution >= 0.6 is 0 Å². The zero-order valence-corrected chi connectivity index (χ0v) is 15.0. The summed E-state index contributed by atoms with van der Waals surface area (Å²) < 4.78 is 0. The van der Waals surface area contributed by atoms with Crippen LogP contribution in [0, 0.1) is 5.92 Å². The summed E-state index contributed by atoms with van der Waals surface area (Å²) in [5.41, 5.74) is 1.18. The van der Waals surface area contributed by atoms with Crippen molar-refractivity contribution in [1.29, 1.82) is 0 Å². The van der Waals surface area contributed by atoms with Crippen molar-refractivity contribution in [3.05, 3.63) is 23.9 Å². The van der Waals surface area contributed by atoms with Crippen molar-refractivity contribution in [2.24, 2.45) is 10.9 Å². The lowest BCUT2D eigenvalue weighted by Gasteiger charge is -2.28. The highest BCUT2D eigenvalue weighted by molar-refractivity contribution is 5.80. The van der Waals surface area contributed by atoms with E-state index in [-0.39, 0.29) is 0 Å². The quantitative estimate of drug-likeness (QED) is 0.648. The number of anilines is 1. The number of rotatable bonds is 5. The highest BCUT2D eigenvalue weighted by atomic mass is 15.2. The molecule has 0 spiro atoms. The fourth-order valence-electron chi connectivity index (χ4n) is 2.89. The molecule has 5 nitrogen and oxygen atoms in total. The van der Waals surface area contributed by atoms with Gasteiger partial charge in [-0.25, -0.2) is 9.98 Å². The highest BCUT2D eigenvalue weighted by Crippen LogP contribution is 2.23. The molecule has 23 heavy (non-hydrogen) atoms. The Morgan fingerprint density at radius 2 is 2.04 bits per heavy atom. The fraction of sp³-hybridized carbons (Fsp3) is 0.667. The Morgan fingerprint density at radius 3 is 2.70 bits per heavy atom. The molecule has 5 heteroatoms. The SMILES string of the molecule is CCNC(=NCc1ccnc(N(C)C)c1)NC1CCC(C)CC1. The first-order valence-electron chi connectivity index (χ1n) is 8.75. The van der Waals surface area contributed by atoms with Crippen LogP contribution in [0.4, 0.5) is 5.82 Å².